The predicted octanol–water partition coefficient (Wildman–Crippen LogP) is 2.16. The first-order chi connectivity index (χ1) is 10.6. The predicted molar refractivity (Wildman–Crippen MR) is 83.7 cm³/mol. The number of anilines is 2. The van der Waals surface area contributed by atoms with Crippen LogP contribution in [0.15, 0.2) is 28.6 Å². The Labute approximate surface area is 133 Å². The van der Waals surface area contributed by atoms with Gasteiger partial charge in [-0.3, -0.25) is 10.1 Å². The smallest absolute Gasteiger partial charge is 0.325 e. The van der Waals surface area contributed by atoms with Gasteiger partial charge in [-0.25, -0.2) is 9.18 Å². The molecule has 0 fully saturated rings. The van der Waals surface area contributed by atoms with Crippen LogP contribution in [0.1, 0.15) is 0 Å². The minimum atomic E-state index is -0.509. The fourth-order valence-electron chi connectivity index (χ4n) is 1.31. The van der Waals surface area contributed by atoms with Crippen LogP contribution in [0.5, 0.6) is 0 Å². The van der Waals surface area contributed by atoms with Gasteiger partial charge >= 0.3 is 6.03 Å². The number of rotatable bonds is 5. The number of thioether (sulfide) groups is 1. The van der Waals surface area contributed by atoms with Crippen molar-refractivity contribution in [3.05, 3.63) is 30.1 Å². The fourth-order valence-corrected chi connectivity index (χ4v) is 2.93. The van der Waals surface area contributed by atoms with Gasteiger partial charge in [0.2, 0.25) is 11.0 Å². The molecule has 3 amide bonds. The Morgan fingerprint density at radius 2 is 1.95 bits per heavy atom. The first-order valence-electron chi connectivity index (χ1n) is 6.07. The Morgan fingerprint density at radius 1 is 1.23 bits per heavy atom. The van der Waals surface area contributed by atoms with E-state index in [4.69, 9.17) is 0 Å². The minimum Gasteiger partial charge on any atom is -0.358 e. The highest BCUT2D eigenvalue weighted by Crippen LogP contribution is 2.25. The molecule has 0 saturated carbocycles. The van der Waals surface area contributed by atoms with Crippen molar-refractivity contribution < 1.29 is 14.0 Å². The van der Waals surface area contributed by atoms with Crippen LogP contribution in [-0.2, 0) is 4.79 Å². The molecule has 1 aromatic heterocycles. The summed E-state index contributed by atoms with van der Waals surface area (Å²) in [6.07, 6.45) is 0. The molecule has 0 aliphatic heterocycles. The van der Waals surface area contributed by atoms with Crippen molar-refractivity contribution in [2.45, 2.75) is 4.34 Å². The van der Waals surface area contributed by atoms with Gasteiger partial charge in [0, 0.05) is 12.7 Å². The van der Waals surface area contributed by atoms with Crippen LogP contribution in [0.25, 0.3) is 0 Å². The molecule has 0 aliphatic carbocycles. The molecule has 1 heterocycles. The van der Waals surface area contributed by atoms with E-state index >= 15 is 0 Å². The van der Waals surface area contributed by atoms with Crippen molar-refractivity contribution in [2.24, 2.45) is 0 Å². The molecule has 0 radical (unpaired) electrons. The Bertz CT molecular complexity index is 662. The molecule has 0 unspecified atom stereocenters. The molecular weight excluding hydrogens is 329 g/mol. The number of amides is 3. The molecule has 1 aromatic carbocycles. The summed E-state index contributed by atoms with van der Waals surface area (Å²) in [5, 5.41) is 15.5. The average molecular weight is 341 g/mol. The molecule has 10 heteroatoms. The number of benzene rings is 1. The number of carbonyl (C=O) groups is 2. The summed E-state index contributed by atoms with van der Waals surface area (Å²) in [5.41, 5.74) is 0.456. The molecule has 22 heavy (non-hydrogen) atoms. The lowest BCUT2D eigenvalue weighted by Crippen LogP contribution is -2.19. The lowest BCUT2D eigenvalue weighted by molar-refractivity contribution is -0.118. The Kier molecular flexibility index (Phi) is 5.67. The molecule has 116 valence electrons. The number of halogens is 1. The third-order valence-corrected chi connectivity index (χ3v) is 4.31. The lowest BCUT2D eigenvalue weighted by atomic mass is 10.3. The number of hydrogen-bond acceptors (Lipinski definition) is 6. The summed E-state index contributed by atoms with van der Waals surface area (Å²) in [6.45, 7) is 0. The van der Waals surface area contributed by atoms with Crippen LogP contribution >= 0.6 is 23.1 Å². The summed E-state index contributed by atoms with van der Waals surface area (Å²) >= 11 is 2.38. The van der Waals surface area contributed by atoms with Gasteiger partial charge in [0.1, 0.15) is 5.82 Å². The number of nitrogens with one attached hydrogen (secondary N) is 3. The van der Waals surface area contributed by atoms with Crippen LogP contribution in [0.3, 0.4) is 0 Å². The van der Waals surface area contributed by atoms with E-state index in [1.807, 2.05) is 0 Å². The van der Waals surface area contributed by atoms with Gasteiger partial charge in [-0.1, -0.05) is 23.1 Å². The molecule has 0 spiro atoms. The number of urea groups is 1. The summed E-state index contributed by atoms with van der Waals surface area (Å²) in [6, 6.07) is 4.87. The van der Waals surface area contributed by atoms with Gasteiger partial charge in [0.05, 0.1) is 5.75 Å². The maximum atomic E-state index is 12.8. The summed E-state index contributed by atoms with van der Waals surface area (Å²) < 4.78 is 13.3. The van der Waals surface area contributed by atoms with E-state index < -0.39 is 6.03 Å². The van der Waals surface area contributed by atoms with Gasteiger partial charge < -0.3 is 10.6 Å². The van der Waals surface area contributed by atoms with Crippen molar-refractivity contribution in [2.75, 3.05) is 23.4 Å². The highest BCUT2D eigenvalue weighted by atomic mass is 32.2. The number of hydrogen-bond donors (Lipinski definition) is 3. The Hall–Kier alpha value is -2.20. The first-order valence-corrected chi connectivity index (χ1v) is 7.87. The highest BCUT2D eigenvalue weighted by Gasteiger charge is 2.10. The Balaban J connectivity index is 1.85. The molecule has 2 aromatic rings. The second-order valence-corrected chi connectivity index (χ2v) is 6.12. The van der Waals surface area contributed by atoms with Crippen molar-refractivity contribution >= 4 is 45.9 Å². The molecule has 0 atom stereocenters. The van der Waals surface area contributed by atoms with Crippen LogP contribution in [0.2, 0.25) is 0 Å². The second kappa shape index (κ2) is 7.71. The summed E-state index contributed by atoms with van der Waals surface area (Å²) in [4.78, 5) is 22.9. The Morgan fingerprint density at radius 3 is 2.64 bits per heavy atom. The van der Waals surface area contributed by atoms with Crippen LogP contribution in [-0.4, -0.2) is 34.9 Å². The largest absolute Gasteiger partial charge is 0.358 e. The second-order valence-electron chi connectivity index (χ2n) is 3.92. The van der Waals surface area contributed by atoms with Gasteiger partial charge in [-0.2, -0.15) is 0 Å². The molecule has 0 saturated heterocycles. The van der Waals surface area contributed by atoms with Gasteiger partial charge in [0.15, 0.2) is 4.34 Å². The number of carbonyl (C=O) groups excluding carboxylic acids is 2. The molecule has 3 N–H and O–H groups in total. The minimum absolute atomic E-state index is 0.122. The first kappa shape index (κ1) is 16.2. The zero-order valence-electron chi connectivity index (χ0n) is 11.4. The zero-order chi connectivity index (χ0) is 15.9. The third-order valence-electron chi connectivity index (χ3n) is 2.33. The summed E-state index contributed by atoms with van der Waals surface area (Å²) in [5.74, 6) is -0.274. The fraction of sp³-hybridized carbons (Fsp3) is 0.167. The van der Waals surface area contributed by atoms with E-state index in [2.05, 4.69) is 26.1 Å². The highest BCUT2D eigenvalue weighted by molar-refractivity contribution is 8.01. The SMILES string of the molecule is CNC(=O)CSc1nnc(NC(=O)Nc2ccc(F)cc2)s1. The molecular formula is C12H12FN5O2S2. The van der Waals surface area contributed by atoms with Crippen LogP contribution in [0.4, 0.5) is 20.0 Å². The van der Waals surface area contributed by atoms with E-state index in [0.29, 0.717) is 15.2 Å². The molecule has 2 rings (SSSR count). The maximum absolute atomic E-state index is 12.8. The van der Waals surface area contributed by atoms with E-state index in [1.165, 1.54) is 36.0 Å². The van der Waals surface area contributed by atoms with Crippen molar-refractivity contribution in [3.8, 4) is 0 Å². The molecule has 0 bridgehead atoms. The number of aromatic nitrogens is 2. The monoisotopic (exact) mass is 341 g/mol. The van der Waals surface area contributed by atoms with Crippen molar-refractivity contribution in [1.82, 2.24) is 15.5 Å². The topological polar surface area (TPSA) is 96.0 Å². The van der Waals surface area contributed by atoms with E-state index in [-0.39, 0.29) is 17.5 Å². The molecule has 7 nitrogen and oxygen atoms in total. The van der Waals surface area contributed by atoms with Crippen LogP contribution < -0.4 is 16.0 Å². The van der Waals surface area contributed by atoms with Crippen molar-refractivity contribution in [3.63, 3.8) is 0 Å². The van der Waals surface area contributed by atoms with E-state index in [9.17, 15) is 14.0 Å². The van der Waals surface area contributed by atoms with Crippen molar-refractivity contribution in [1.29, 1.82) is 0 Å². The molecule has 0 aliphatic rings. The lowest BCUT2D eigenvalue weighted by Gasteiger charge is -2.04. The number of nitrogens with zero attached hydrogens (tertiary/aromatic N) is 2. The van der Waals surface area contributed by atoms with E-state index in [1.54, 1.807) is 7.05 Å². The van der Waals surface area contributed by atoms with Gasteiger partial charge in [-0.05, 0) is 24.3 Å². The van der Waals surface area contributed by atoms with Gasteiger partial charge in [0.25, 0.3) is 0 Å². The van der Waals surface area contributed by atoms with Gasteiger partial charge in [-0.15, -0.1) is 10.2 Å². The standard InChI is InChI=1S/C12H12FN5O2S2/c1-14-9(19)6-21-12-18-17-11(22-12)16-10(20)15-8-4-2-7(13)3-5-8/h2-5H,6H2,1H3,(H,14,19)(H2,15,16,17,20). The average Bonchev–Trinajstić information content (AvgIpc) is 2.94. The maximum Gasteiger partial charge on any atom is 0.325 e. The summed E-state index contributed by atoms with van der Waals surface area (Å²) in [7, 11) is 1.55. The quantitative estimate of drug-likeness (QED) is 0.572. The third kappa shape index (κ3) is 4.97. The normalized spacial score (nSPS) is 10.1. The zero-order valence-corrected chi connectivity index (χ0v) is 13.1. The van der Waals surface area contributed by atoms with Crippen LogP contribution in [0, 0.1) is 5.82 Å². The van der Waals surface area contributed by atoms with E-state index in [0.717, 1.165) is 11.3 Å².